The fourth-order valence-corrected chi connectivity index (χ4v) is 2.74. The van der Waals surface area contributed by atoms with Crippen molar-refractivity contribution >= 4 is 17.3 Å². The van der Waals surface area contributed by atoms with E-state index in [9.17, 15) is 5.26 Å². The number of ether oxygens (including phenoxy) is 1. The normalized spacial score (nSPS) is 11.2. The average Bonchev–Trinajstić information content (AvgIpc) is 2.67. The highest BCUT2D eigenvalue weighted by molar-refractivity contribution is 5.89. The smallest absolute Gasteiger partial charge is 0.119 e. The molecule has 0 heterocycles. The van der Waals surface area contributed by atoms with E-state index in [1.807, 2.05) is 42.5 Å². The van der Waals surface area contributed by atoms with Gasteiger partial charge in [0.15, 0.2) is 0 Å². The van der Waals surface area contributed by atoms with Crippen LogP contribution in [-0.2, 0) is 0 Å². The Balaban J connectivity index is 1.86. The van der Waals surface area contributed by atoms with Crippen LogP contribution in [0.4, 0.5) is 5.69 Å². The van der Waals surface area contributed by atoms with Gasteiger partial charge >= 0.3 is 0 Å². The summed E-state index contributed by atoms with van der Waals surface area (Å²) in [6.07, 6.45) is 9.44. The summed E-state index contributed by atoms with van der Waals surface area (Å²) in [5.41, 5.74) is 8.85. The van der Waals surface area contributed by atoms with E-state index in [1.54, 1.807) is 12.1 Å². The van der Waals surface area contributed by atoms with Crippen LogP contribution in [0.5, 0.6) is 5.75 Å². The quantitative estimate of drug-likeness (QED) is 0.245. The van der Waals surface area contributed by atoms with Crippen molar-refractivity contribution in [3.63, 3.8) is 0 Å². The molecule has 3 heteroatoms. The zero-order valence-corrected chi connectivity index (χ0v) is 15.6. The zero-order chi connectivity index (χ0) is 18.6. The van der Waals surface area contributed by atoms with Crippen LogP contribution in [0.3, 0.4) is 0 Å². The van der Waals surface area contributed by atoms with Crippen molar-refractivity contribution in [2.24, 2.45) is 0 Å². The van der Waals surface area contributed by atoms with Crippen LogP contribution in [-0.4, -0.2) is 6.61 Å². The van der Waals surface area contributed by atoms with E-state index in [0.29, 0.717) is 11.3 Å². The van der Waals surface area contributed by atoms with Crippen LogP contribution in [0.25, 0.3) is 11.6 Å². The lowest BCUT2D eigenvalue weighted by molar-refractivity contribution is 0.304. The predicted molar refractivity (Wildman–Crippen MR) is 110 cm³/mol. The molecule has 0 bridgehead atoms. The Morgan fingerprint density at radius 1 is 0.962 bits per heavy atom. The minimum atomic E-state index is 0.616. The number of rotatable bonds is 10. The Morgan fingerprint density at radius 2 is 1.62 bits per heavy atom. The number of hydrogen-bond donors (Lipinski definition) is 1. The Bertz CT molecular complexity index is 724. The summed E-state index contributed by atoms with van der Waals surface area (Å²) in [6, 6.07) is 17.5. The SMILES string of the molecule is CCCCCCCCOc1ccc(/C=C(\C#N)c2ccc(N)cc2)cc1. The van der Waals surface area contributed by atoms with Crippen LogP contribution in [0.2, 0.25) is 0 Å². The van der Waals surface area contributed by atoms with E-state index in [0.717, 1.165) is 29.9 Å². The Hall–Kier alpha value is -2.73. The number of hydrogen-bond acceptors (Lipinski definition) is 3. The summed E-state index contributed by atoms with van der Waals surface area (Å²) in [5, 5.41) is 9.41. The molecule has 3 nitrogen and oxygen atoms in total. The summed E-state index contributed by atoms with van der Waals surface area (Å²) in [6.45, 7) is 2.99. The molecule has 0 radical (unpaired) electrons. The third-order valence-electron chi connectivity index (χ3n) is 4.30. The second kappa shape index (κ2) is 11.0. The number of anilines is 1. The number of benzene rings is 2. The topological polar surface area (TPSA) is 59.0 Å². The minimum absolute atomic E-state index is 0.616. The fourth-order valence-electron chi connectivity index (χ4n) is 2.74. The lowest BCUT2D eigenvalue weighted by Crippen LogP contribution is -1.97. The second-order valence-corrected chi connectivity index (χ2v) is 6.48. The monoisotopic (exact) mass is 348 g/mol. The lowest BCUT2D eigenvalue weighted by atomic mass is 10.0. The van der Waals surface area contributed by atoms with Gasteiger partial charge in [0.25, 0.3) is 0 Å². The molecule has 136 valence electrons. The molecule has 2 rings (SSSR count). The first-order valence-corrected chi connectivity index (χ1v) is 9.43. The van der Waals surface area contributed by atoms with Crippen molar-refractivity contribution in [1.82, 2.24) is 0 Å². The molecule has 0 amide bonds. The molecule has 0 aliphatic heterocycles. The fraction of sp³-hybridized carbons (Fsp3) is 0.348. The highest BCUT2D eigenvalue weighted by Crippen LogP contribution is 2.21. The molecule has 0 spiro atoms. The van der Waals surface area contributed by atoms with Gasteiger partial charge in [-0.3, -0.25) is 0 Å². The first kappa shape index (κ1) is 19.6. The number of unbranched alkanes of at least 4 members (excludes halogenated alkanes) is 5. The second-order valence-electron chi connectivity index (χ2n) is 6.48. The van der Waals surface area contributed by atoms with Crippen LogP contribution >= 0.6 is 0 Å². The molecule has 2 aromatic rings. The first-order chi connectivity index (χ1) is 12.7. The number of nitriles is 1. The summed E-state index contributed by atoms with van der Waals surface area (Å²) in [5.74, 6) is 0.877. The molecule has 26 heavy (non-hydrogen) atoms. The van der Waals surface area contributed by atoms with Gasteiger partial charge in [-0.25, -0.2) is 0 Å². The van der Waals surface area contributed by atoms with Gasteiger partial charge in [-0.05, 0) is 47.9 Å². The predicted octanol–water partition coefficient (Wildman–Crippen LogP) is 6.07. The maximum absolute atomic E-state index is 9.41. The van der Waals surface area contributed by atoms with Gasteiger partial charge in [0, 0.05) is 5.69 Å². The summed E-state index contributed by atoms with van der Waals surface area (Å²) >= 11 is 0. The van der Waals surface area contributed by atoms with Crippen molar-refractivity contribution in [2.45, 2.75) is 45.4 Å². The highest BCUT2D eigenvalue weighted by atomic mass is 16.5. The molecule has 0 fully saturated rings. The van der Waals surface area contributed by atoms with Gasteiger partial charge in [0.2, 0.25) is 0 Å². The van der Waals surface area contributed by atoms with Gasteiger partial charge in [0.05, 0.1) is 18.2 Å². The molecule has 0 aromatic heterocycles. The molecule has 0 aliphatic carbocycles. The van der Waals surface area contributed by atoms with Crippen LogP contribution in [0.1, 0.15) is 56.6 Å². The number of nitrogens with zero attached hydrogens (tertiary/aromatic N) is 1. The third-order valence-corrected chi connectivity index (χ3v) is 4.30. The molecule has 0 aliphatic rings. The number of allylic oxidation sites excluding steroid dienone is 1. The van der Waals surface area contributed by atoms with Gasteiger partial charge in [-0.2, -0.15) is 5.26 Å². The zero-order valence-electron chi connectivity index (χ0n) is 15.6. The molecular formula is C23H28N2O. The van der Waals surface area contributed by atoms with Gasteiger partial charge < -0.3 is 10.5 Å². The Morgan fingerprint density at radius 3 is 2.27 bits per heavy atom. The molecule has 2 aromatic carbocycles. The Labute approximate surface area is 157 Å². The molecule has 0 unspecified atom stereocenters. The van der Waals surface area contributed by atoms with Crippen LogP contribution < -0.4 is 10.5 Å². The molecule has 0 atom stereocenters. The molecule has 2 N–H and O–H groups in total. The Kier molecular flexibility index (Phi) is 8.29. The third kappa shape index (κ3) is 6.64. The maximum Gasteiger partial charge on any atom is 0.119 e. The van der Waals surface area contributed by atoms with Crippen molar-refractivity contribution in [2.75, 3.05) is 12.3 Å². The van der Waals surface area contributed by atoms with Crippen molar-refractivity contribution in [3.05, 3.63) is 59.7 Å². The van der Waals surface area contributed by atoms with E-state index < -0.39 is 0 Å². The number of nitrogen functional groups attached to an aromatic ring is 1. The maximum atomic E-state index is 9.41. The van der Waals surface area contributed by atoms with Crippen molar-refractivity contribution < 1.29 is 4.74 Å². The standard InChI is InChI=1S/C23H28N2O/c1-2-3-4-5-6-7-16-26-23-14-8-19(9-15-23)17-21(18-24)20-10-12-22(25)13-11-20/h8-15,17H,2-7,16,25H2,1H3/b21-17+. The molecule has 0 saturated carbocycles. The van der Waals surface area contributed by atoms with Gasteiger partial charge in [-0.1, -0.05) is 63.3 Å². The van der Waals surface area contributed by atoms with Crippen LogP contribution in [0.15, 0.2) is 48.5 Å². The van der Waals surface area contributed by atoms with E-state index in [4.69, 9.17) is 10.5 Å². The van der Waals surface area contributed by atoms with Gasteiger partial charge in [0.1, 0.15) is 5.75 Å². The molecule has 0 saturated heterocycles. The summed E-state index contributed by atoms with van der Waals surface area (Å²) in [4.78, 5) is 0. The first-order valence-electron chi connectivity index (χ1n) is 9.43. The van der Waals surface area contributed by atoms with E-state index in [2.05, 4.69) is 13.0 Å². The largest absolute Gasteiger partial charge is 0.494 e. The van der Waals surface area contributed by atoms with Crippen molar-refractivity contribution in [1.29, 1.82) is 5.26 Å². The minimum Gasteiger partial charge on any atom is -0.494 e. The number of nitrogens with two attached hydrogens (primary N) is 1. The van der Waals surface area contributed by atoms with Crippen molar-refractivity contribution in [3.8, 4) is 11.8 Å². The highest BCUT2D eigenvalue weighted by Gasteiger charge is 2.01. The van der Waals surface area contributed by atoms with Gasteiger partial charge in [-0.15, -0.1) is 0 Å². The lowest BCUT2D eigenvalue weighted by Gasteiger charge is -2.07. The molecular weight excluding hydrogens is 320 g/mol. The van der Waals surface area contributed by atoms with E-state index in [-0.39, 0.29) is 0 Å². The summed E-state index contributed by atoms with van der Waals surface area (Å²) < 4.78 is 5.80. The van der Waals surface area contributed by atoms with Crippen LogP contribution in [0, 0.1) is 11.3 Å². The summed E-state index contributed by atoms with van der Waals surface area (Å²) in [7, 11) is 0. The average molecular weight is 348 g/mol. The van der Waals surface area contributed by atoms with E-state index >= 15 is 0 Å². The van der Waals surface area contributed by atoms with E-state index in [1.165, 1.54) is 32.1 Å².